The molecule has 0 saturated carbocycles. The first-order valence-corrected chi connectivity index (χ1v) is 9.16. The molecule has 2 aromatic rings. The van der Waals surface area contributed by atoms with Gasteiger partial charge in [0.1, 0.15) is 0 Å². The summed E-state index contributed by atoms with van der Waals surface area (Å²) < 4.78 is 31.4. The van der Waals surface area contributed by atoms with E-state index in [0.717, 1.165) is 17.1 Å². The Hall–Kier alpha value is -1.86. The van der Waals surface area contributed by atoms with Crippen LogP contribution in [0.25, 0.3) is 0 Å². The molecule has 0 radical (unpaired) electrons. The number of nitrogens with one attached hydrogen (secondary N) is 1. The lowest BCUT2D eigenvalue weighted by Crippen LogP contribution is -2.19. The highest BCUT2D eigenvalue weighted by Crippen LogP contribution is 2.20. The average molecular weight is 337 g/mol. The molecule has 126 valence electrons. The summed E-state index contributed by atoms with van der Waals surface area (Å²) in [5, 5.41) is 7.57. The zero-order chi connectivity index (χ0) is 16.9. The molecule has 0 amide bonds. The van der Waals surface area contributed by atoms with Gasteiger partial charge < -0.3 is 10.1 Å². The smallest absolute Gasteiger partial charge is 0.216 e. The monoisotopic (exact) mass is 337 g/mol. The van der Waals surface area contributed by atoms with Gasteiger partial charge in [-0.3, -0.25) is 0 Å². The molecular formula is C16H23N3O3S. The number of hydrogen-bond donors (Lipinski definition) is 1. The maximum absolute atomic E-state index is 12.2. The Balaban J connectivity index is 1.83. The van der Waals surface area contributed by atoms with Crippen LogP contribution in [0.2, 0.25) is 0 Å². The van der Waals surface area contributed by atoms with Gasteiger partial charge in [0.2, 0.25) is 5.88 Å². The van der Waals surface area contributed by atoms with E-state index in [1.54, 1.807) is 36.1 Å². The summed E-state index contributed by atoms with van der Waals surface area (Å²) >= 11 is 0. The SMILES string of the molecule is COc1c(CNCCCS(=O)(=O)c2ccccc2)c(C)nn1C. The Labute approximate surface area is 137 Å². The van der Waals surface area contributed by atoms with Crippen LogP contribution in [0.3, 0.4) is 0 Å². The predicted molar refractivity (Wildman–Crippen MR) is 89.3 cm³/mol. The van der Waals surface area contributed by atoms with Crippen molar-refractivity contribution in [1.29, 1.82) is 0 Å². The second kappa shape index (κ2) is 7.61. The Bertz CT molecular complexity index is 739. The third kappa shape index (κ3) is 4.33. The first kappa shape index (κ1) is 17.5. The van der Waals surface area contributed by atoms with Crippen molar-refractivity contribution in [2.45, 2.75) is 24.8 Å². The number of aryl methyl sites for hydroxylation is 2. The van der Waals surface area contributed by atoms with E-state index in [9.17, 15) is 8.42 Å². The van der Waals surface area contributed by atoms with E-state index < -0.39 is 9.84 Å². The number of aromatic nitrogens is 2. The van der Waals surface area contributed by atoms with Crippen LogP contribution in [0.4, 0.5) is 0 Å². The van der Waals surface area contributed by atoms with Gasteiger partial charge in [-0.05, 0) is 32.0 Å². The maximum atomic E-state index is 12.2. The Kier molecular flexibility index (Phi) is 5.79. The summed E-state index contributed by atoms with van der Waals surface area (Å²) in [5.74, 6) is 0.861. The van der Waals surface area contributed by atoms with Crippen molar-refractivity contribution in [2.24, 2.45) is 7.05 Å². The van der Waals surface area contributed by atoms with Gasteiger partial charge in [-0.15, -0.1) is 0 Å². The summed E-state index contributed by atoms with van der Waals surface area (Å²) in [7, 11) is 0.249. The number of nitrogens with zero attached hydrogens (tertiary/aromatic N) is 2. The van der Waals surface area contributed by atoms with Crippen LogP contribution in [0.1, 0.15) is 17.7 Å². The van der Waals surface area contributed by atoms with Crippen molar-refractivity contribution in [2.75, 3.05) is 19.4 Å². The number of sulfone groups is 1. The third-order valence-electron chi connectivity index (χ3n) is 3.65. The lowest BCUT2D eigenvalue weighted by Gasteiger charge is -2.07. The zero-order valence-corrected chi connectivity index (χ0v) is 14.6. The number of methoxy groups -OCH3 is 1. The minimum atomic E-state index is -3.20. The van der Waals surface area contributed by atoms with Crippen LogP contribution in [0.15, 0.2) is 35.2 Å². The summed E-state index contributed by atoms with van der Waals surface area (Å²) in [6.45, 7) is 3.15. The fourth-order valence-electron chi connectivity index (χ4n) is 2.49. The van der Waals surface area contributed by atoms with E-state index in [0.29, 0.717) is 24.4 Å². The largest absolute Gasteiger partial charge is 0.481 e. The molecule has 1 aromatic carbocycles. The molecule has 0 atom stereocenters. The molecule has 0 bridgehead atoms. The predicted octanol–water partition coefficient (Wildman–Crippen LogP) is 1.69. The third-order valence-corrected chi connectivity index (χ3v) is 5.47. The van der Waals surface area contributed by atoms with Crippen LogP contribution in [-0.2, 0) is 23.4 Å². The van der Waals surface area contributed by atoms with Crippen LogP contribution in [-0.4, -0.2) is 37.6 Å². The van der Waals surface area contributed by atoms with Crippen molar-refractivity contribution in [3.05, 3.63) is 41.6 Å². The second-order valence-electron chi connectivity index (χ2n) is 5.36. The minimum Gasteiger partial charge on any atom is -0.481 e. The van der Waals surface area contributed by atoms with Gasteiger partial charge in [0.05, 0.1) is 29.0 Å². The highest BCUT2D eigenvalue weighted by molar-refractivity contribution is 7.91. The van der Waals surface area contributed by atoms with Gasteiger partial charge in [-0.2, -0.15) is 5.10 Å². The molecule has 0 saturated heterocycles. The maximum Gasteiger partial charge on any atom is 0.216 e. The highest BCUT2D eigenvalue weighted by Gasteiger charge is 2.15. The fraction of sp³-hybridized carbons (Fsp3) is 0.438. The molecule has 0 aliphatic rings. The van der Waals surface area contributed by atoms with Gasteiger partial charge >= 0.3 is 0 Å². The molecule has 1 aromatic heterocycles. The first-order chi connectivity index (χ1) is 11.0. The number of rotatable bonds is 8. The number of hydrogen-bond acceptors (Lipinski definition) is 5. The van der Waals surface area contributed by atoms with Crippen LogP contribution in [0.5, 0.6) is 5.88 Å². The molecule has 0 unspecified atom stereocenters. The molecule has 1 N–H and O–H groups in total. The Morgan fingerprint density at radius 2 is 1.96 bits per heavy atom. The molecule has 0 aliphatic carbocycles. The molecule has 2 rings (SSSR count). The number of benzene rings is 1. The van der Waals surface area contributed by atoms with Crippen LogP contribution in [0, 0.1) is 6.92 Å². The van der Waals surface area contributed by atoms with Crippen molar-refractivity contribution in [3.63, 3.8) is 0 Å². The summed E-state index contributed by atoms with van der Waals surface area (Å²) in [5.41, 5.74) is 1.91. The average Bonchev–Trinajstić information content (AvgIpc) is 2.81. The van der Waals surface area contributed by atoms with Gasteiger partial charge in [0.25, 0.3) is 0 Å². The van der Waals surface area contributed by atoms with Crippen LogP contribution >= 0.6 is 0 Å². The quantitative estimate of drug-likeness (QED) is 0.742. The fourth-order valence-corrected chi connectivity index (χ4v) is 3.82. The molecule has 7 heteroatoms. The molecule has 23 heavy (non-hydrogen) atoms. The number of ether oxygens (including phenoxy) is 1. The molecule has 1 heterocycles. The lowest BCUT2D eigenvalue weighted by atomic mass is 10.2. The van der Waals surface area contributed by atoms with Gasteiger partial charge in [-0.25, -0.2) is 13.1 Å². The highest BCUT2D eigenvalue weighted by atomic mass is 32.2. The molecule has 0 aliphatic heterocycles. The van der Waals surface area contributed by atoms with E-state index in [2.05, 4.69) is 10.4 Å². The molecule has 0 spiro atoms. The topological polar surface area (TPSA) is 73.2 Å². The Morgan fingerprint density at radius 3 is 2.61 bits per heavy atom. The standard InChI is InChI=1S/C16H23N3O3S/c1-13-15(16(22-3)19(2)18-13)12-17-10-7-11-23(20,21)14-8-5-4-6-9-14/h4-6,8-9,17H,7,10-12H2,1-3H3. The van der Waals surface area contributed by atoms with Crippen molar-refractivity contribution < 1.29 is 13.2 Å². The van der Waals surface area contributed by atoms with Gasteiger partial charge in [0, 0.05) is 13.6 Å². The summed E-state index contributed by atoms with van der Waals surface area (Å²) in [6, 6.07) is 8.55. The van der Waals surface area contributed by atoms with Crippen molar-refractivity contribution in [3.8, 4) is 5.88 Å². The van der Waals surface area contributed by atoms with Crippen molar-refractivity contribution in [1.82, 2.24) is 15.1 Å². The molecule has 0 fully saturated rings. The minimum absolute atomic E-state index is 0.132. The van der Waals surface area contributed by atoms with E-state index >= 15 is 0 Å². The molecular weight excluding hydrogens is 314 g/mol. The lowest BCUT2D eigenvalue weighted by molar-refractivity contribution is 0.368. The zero-order valence-electron chi connectivity index (χ0n) is 13.7. The van der Waals surface area contributed by atoms with E-state index in [4.69, 9.17) is 4.74 Å². The summed E-state index contributed by atoms with van der Waals surface area (Å²) in [4.78, 5) is 0.379. The Morgan fingerprint density at radius 1 is 1.26 bits per heavy atom. The van der Waals surface area contributed by atoms with Crippen LogP contribution < -0.4 is 10.1 Å². The van der Waals surface area contributed by atoms with E-state index in [1.807, 2.05) is 20.0 Å². The van der Waals surface area contributed by atoms with E-state index in [1.165, 1.54) is 0 Å². The van der Waals surface area contributed by atoms with Gasteiger partial charge in [0.15, 0.2) is 9.84 Å². The second-order valence-corrected chi connectivity index (χ2v) is 7.47. The molecule has 6 nitrogen and oxygen atoms in total. The van der Waals surface area contributed by atoms with E-state index in [-0.39, 0.29) is 5.75 Å². The first-order valence-electron chi connectivity index (χ1n) is 7.50. The van der Waals surface area contributed by atoms with Crippen molar-refractivity contribution >= 4 is 9.84 Å². The van der Waals surface area contributed by atoms with Gasteiger partial charge in [-0.1, -0.05) is 18.2 Å². The normalized spacial score (nSPS) is 11.6. The summed E-state index contributed by atoms with van der Waals surface area (Å²) in [6.07, 6.45) is 0.554.